The molecule has 0 spiro atoms. The third-order valence-corrected chi connectivity index (χ3v) is 3.84. The van der Waals surface area contributed by atoms with Gasteiger partial charge in [-0.2, -0.15) is 4.98 Å². The van der Waals surface area contributed by atoms with Crippen LogP contribution < -0.4 is 11.1 Å². The molecule has 114 valence electrons. The fourth-order valence-electron chi connectivity index (χ4n) is 1.74. The number of hydrogen-bond donors (Lipinski definition) is 2. The third-order valence-electron chi connectivity index (χ3n) is 2.49. The topological polar surface area (TPSA) is 115 Å². The number of nitrogens with two attached hydrogens (primary N) is 1. The molecule has 8 heteroatoms. The molecule has 7 nitrogen and oxygen atoms in total. The van der Waals surface area contributed by atoms with E-state index in [-0.39, 0.29) is 5.58 Å². The van der Waals surface area contributed by atoms with Crippen LogP contribution in [-0.4, -0.2) is 30.6 Å². The minimum atomic E-state index is -3.94. The highest BCUT2D eigenvalue weighted by Gasteiger charge is 2.27. The molecule has 0 aliphatic rings. The Bertz CT molecular complexity index is 787. The van der Waals surface area contributed by atoms with Crippen molar-refractivity contribution in [1.82, 2.24) is 10.3 Å². The number of sulfone groups is 1. The van der Waals surface area contributed by atoms with E-state index in [1.54, 1.807) is 32.9 Å². The molecule has 3 N–H and O–H groups in total. The van der Waals surface area contributed by atoms with E-state index in [4.69, 9.17) is 10.2 Å². The Hall–Kier alpha value is -2.09. The van der Waals surface area contributed by atoms with E-state index >= 15 is 0 Å². The van der Waals surface area contributed by atoms with Crippen molar-refractivity contribution in [3.63, 3.8) is 0 Å². The molecule has 0 fully saturated rings. The van der Waals surface area contributed by atoms with Gasteiger partial charge < -0.3 is 15.5 Å². The van der Waals surface area contributed by atoms with Gasteiger partial charge in [-0.05, 0) is 32.9 Å². The Morgan fingerprint density at radius 1 is 1.38 bits per heavy atom. The second-order valence-corrected chi connectivity index (χ2v) is 7.63. The van der Waals surface area contributed by atoms with Crippen LogP contribution in [0.15, 0.2) is 27.8 Å². The van der Waals surface area contributed by atoms with Crippen molar-refractivity contribution in [3.05, 3.63) is 18.2 Å². The first kappa shape index (κ1) is 15.3. The van der Waals surface area contributed by atoms with Gasteiger partial charge in [-0.15, -0.1) is 0 Å². The molecule has 0 aliphatic carbocycles. The van der Waals surface area contributed by atoms with Crippen LogP contribution in [0.5, 0.6) is 0 Å². The lowest BCUT2D eigenvalue weighted by Crippen LogP contribution is -2.43. The average Bonchev–Trinajstić information content (AvgIpc) is 2.68. The smallest absolute Gasteiger partial charge is 0.316 e. The molecule has 0 aliphatic heterocycles. The van der Waals surface area contributed by atoms with Crippen molar-refractivity contribution in [1.29, 1.82) is 0 Å². The summed E-state index contributed by atoms with van der Waals surface area (Å²) in [5.41, 5.74) is 6.16. The van der Waals surface area contributed by atoms with Gasteiger partial charge in [-0.25, -0.2) is 8.42 Å². The van der Waals surface area contributed by atoms with Gasteiger partial charge in [0.2, 0.25) is 15.7 Å². The molecule has 0 saturated carbocycles. The molecule has 1 amide bonds. The zero-order valence-corrected chi connectivity index (χ0v) is 12.8. The predicted molar refractivity (Wildman–Crippen MR) is 78.4 cm³/mol. The number of nitrogens with zero attached hydrogens (tertiary/aromatic N) is 1. The number of anilines is 1. The molecule has 0 radical (unpaired) electrons. The van der Waals surface area contributed by atoms with E-state index in [0.717, 1.165) is 0 Å². The van der Waals surface area contributed by atoms with Crippen LogP contribution in [0.25, 0.3) is 11.1 Å². The zero-order chi connectivity index (χ0) is 15.8. The molecule has 1 aromatic carbocycles. The summed E-state index contributed by atoms with van der Waals surface area (Å²) >= 11 is 0. The van der Waals surface area contributed by atoms with E-state index in [2.05, 4.69) is 10.3 Å². The number of oxazole rings is 1. The number of aromatic nitrogens is 1. The summed E-state index contributed by atoms with van der Waals surface area (Å²) in [4.78, 5) is 15.6. The predicted octanol–water partition coefficient (Wildman–Crippen LogP) is 1.10. The molecule has 21 heavy (non-hydrogen) atoms. The summed E-state index contributed by atoms with van der Waals surface area (Å²) in [6.45, 7) is 5.29. The molecule has 1 aromatic heterocycles. The zero-order valence-electron chi connectivity index (χ0n) is 12.0. The maximum Gasteiger partial charge on any atom is 0.316 e. The van der Waals surface area contributed by atoms with Crippen LogP contribution in [0, 0.1) is 0 Å². The normalized spacial score (nSPS) is 12.5. The molecular weight excluding hydrogens is 294 g/mol. The summed E-state index contributed by atoms with van der Waals surface area (Å²) in [5.74, 6) is -1.32. The van der Waals surface area contributed by atoms with Crippen molar-refractivity contribution in [2.75, 3.05) is 11.5 Å². The Kier molecular flexibility index (Phi) is 3.66. The summed E-state index contributed by atoms with van der Waals surface area (Å²) in [7, 11) is -3.94. The number of rotatable bonds is 3. The van der Waals surface area contributed by atoms with Crippen LogP contribution in [0.4, 0.5) is 5.69 Å². The van der Waals surface area contributed by atoms with Crippen LogP contribution in [0.2, 0.25) is 0 Å². The van der Waals surface area contributed by atoms with Gasteiger partial charge in [0.25, 0.3) is 0 Å². The largest absolute Gasteiger partial charge is 0.428 e. The molecule has 1 heterocycles. The van der Waals surface area contributed by atoms with Gasteiger partial charge in [-0.1, -0.05) is 0 Å². The monoisotopic (exact) mass is 311 g/mol. The fourth-order valence-corrected chi connectivity index (χ4v) is 2.74. The molecule has 2 aromatic rings. The van der Waals surface area contributed by atoms with Crippen molar-refractivity contribution in [2.24, 2.45) is 0 Å². The Labute approximate surface area is 122 Å². The Morgan fingerprint density at radius 3 is 2.67 bits per heavy atom. The summed E-state index contributed by atoms with van der Waals surface area (Å²) < 4.78 is 29.5. The summed E-state index contributed by atoms with van der Waals surface area (Å²) in [6, 6.07) is 4.63. The molecule has 0 bridgehead atoms. The maximum absolute atomic E-state index is 12.1. The fraction of sp³-hybridized carbons (Fsp3) is 0.385. The quantitative estimate of drug-likeness (QED) is 0.820. The van der Waals surface area contributed by atoms with Crippen molar-refractivity contribution in [3.8, 4) is 0 Å². The van der Waals surface area contributed by atoms with Crippen molar-refractivity contribution < 1.29 is 17.6 Å². The second-order valence-electron chi connectivity index (χ2n) is 5.76. The Balaban J connectivity index is 2.27. The number of fused-ring (bicyclic) bond motifs is 1. The lowest BCUT2D eigenvalue weighted by Gasteiger charge is -2.19. The number of benzene rings is 1. The first-order valence-electron chi connectivity index (χ1n) is 6.27. The first-order chi connectivity index (χ1) is 9.57. The maximum atomic E-state index is 12.1. The van der Waals surface area contributed by atoms with E-state index in [1.165, 1.54) is 6.07 Å². The third kappa shape index (κ3) is 3.72. The second kappa shape index (κ2) is 5.03. The summed E-state index contributed by atoms with van der Waals surface area (Å²) in [6.07, 6.45) is 0. The number of amides is 1. The lowest BCUT2D eigenvalue weighted by molar-refractivity contribution is -0.120. The van der Waals surface area contributed by atoms with Gasteiger partial charge in [0.1, 0.15) is 11.3 Å². The van der Waals surface area contributed by atoms with Crippen molar-refractivity contribution >= 4 is 32.5 Å². The lowest BCUT2D eigenvalue weighted by atomic mass is 10.1. The van der Waals surface area contributed by atoms with Crippen LogP contribution in [-0.2, 0) is 14.6 Å². The number of nitrogens with one attached hydrogen (secondary N) is 1. The number of carbonyl (C=O) groups excluding carboxylic acids is 1. The molecule has 2 rings (SSSR count). The van der Waals surface area contributed by atoms with Crippen LogP contribution >= 0.6 is 0 Å². The van der Waals surface area contributed by atoms with E-state index in [0.29, 0.717) is 11.2 Å². The van der Waals surface area contributed by atoms with E-state index < -0.39 is 32.3 Å². The number of nitrogen functional groups attached to an aromatic ring is 1. The van der Waals surface area contributed by atoms with Gasteiger partial charge >= 0.3 is 5.22 Å². The highest BCUT2D eigenvalue weighted by atomic mass is 32.2. The number of carbonyl (C=O) groups is 1. The summed E-state index contributed by atoms with van der Waals surface area (Å²) in [5, 5.41) is 2.10. The minimum Gasteiger partial charge on any atom is -0.428 e. The first-order valence-corrected chi connectivity index (χ1v) is 7.92. The minimum absolute atomic E-state index is 0.268. The molecule has 0 atom stereocenters. The molecule has 0 saturated heterocycles. The highest BCUT2D eigenvalue weighted by molar-refractivity contribution is 7.91. The van der Waals surface area contributed by atoms with Gasteiger partial charge in [0.05, 0.1) is 0 Å². The van der Waals surface area contributed by atoms with Gasteiger partial charge in [-0.3, -0.25) is 4.79 Å². The van der Waals surface area contributed by atoms with E-state index in [1.807, 2.05) is 0 Å². The highest BCUT2D eigenvalue weighted by Crippen LogP contribution is 2.21. The SMILES string of the molecule is CC(C)(C)NC(=O)CS(=O)(=O)c1nc2ccc(N)cc2o1. The van der Waals surface area contributed by atoms with Gasteiger partial charge in [0.15, 0.2) is 5.58 Å². The Morgan fingerprint density at radius 2 is 2.05 bits per heavy atom. The molecular formula is C13H17N3O4S. The van der Waals surface area contributed by atoms with Crippen molar-refractivity contribution in [2.45, 2.75) is 31.5 Å². The standard InChI is InChI=1S/C13H17N3O4S/c1-13(2,3)16-11(17)7-21(18,19)12-15-9-5-4-8(14)6-10(9)20-12/h4-6H,7,14H2,1-3H3,(H,16,17). The van der Waals surface area contributed by atoms with Crippen LogP contribution in [0.3, 0.4) is 0 Å². The van der Waals surface area contributed by atoms with E-state index in [9.17, 15) is 13.2 Å². The van der Waals surface area contributed by atoms with Crippen LogP contribution in [0.1, 0.15) is 20.8 Å². The number of hydrogen-bond acceptors (Lipinski definition) is 6. The average molecular weight is 311 g/mol. The molecule has 0 unspecified atom stereocenters. The van der Waals surface area contributed by atoms with Gasteiger partial charge in [0, 0.05) is 17.3 Å².